The minimum Gasteiger partial charge on any atom is -0.338 e. The highest BCUT2D eigenvalue weighted by atomic mass is 32.2. The summed E-state index contributed by atoms with van der Waals surface area (Å²) in [5.41, 5.74) is 2.50. The van der Waals surface area contributed by atoms with E-state index in [1.807, 2.05) is 12.1 Å². The maximum Gasteiger partial charge on any atom is 0.315 e. The van der Waals surface area contributed by atoms with Gasteiger partial charge in [0.1, 0.15) is 0 Å². The van der Waals surface area contributed by atoms with Crippen LogP contribution in [0.3, 0.4) is 0 Å². The number of carbonyl (C=O) groups excluding carboxylic acids is 1. The Morgan fingerprint density at radius 2 is 2.09 bits per heavy atom. The number of hydrogen-bond donors (Lipinski definition) is 2. The Hall–Kier alpha value is -1.60. The smallest absolute Gasteiger partial charge is 0.315 e. The van der Waals surface area contributed by atoms with Crippen molar-refractivity contribution in [2.75, 3.05) is 26.4 Å². The third-order valence-electron chi connectivity index (χ3n) is 4.18. The number of benzene rings is 1. The van der Waals surface area contributed by atoms with Gasteiger partial charge in [-0.3, -0.25) is 0 Å². The second-order valence-corrected chi connectivity index (χ2v) is 8.07. The molecule has 2 N–H and O–H groups in total. The van der Waals surface area contributed by atoms with E-state index >= 15 is 0 Å². The molecule has 23 heavy (non-hydrogen) atoms. The zero-order chi connectivity index (χ0) is 16.9. The summed E-state index contributed by atoms with van der Waals surface area (Å²) in [4.78, 5) is 12.0. The second kappa shape index (κ2) is 7.79. The van der Waals surface area contributed by atoms with Crippen LogP contribution in [0.4, 0.5) is 4.79 Å². The highest BCUT2D eigenvalue weighted by Crippen LogP contribution is 2.29. The lowest BCUT2D eigenvalue weighted by Crippen LogP contribution is -2.40. The molecule has 1 aromatic rings. The Morgan fingerprint density at radius 1 is 1.35 bits per heavy atom. The third-order valence-corrected chi connectivity index (χ3v) is 5.49. The molecule has 2 amide bonds. The van der Waals surface area contributed by atoms with E-state index in [1.165, 1.54) is 28.7 Å². The molecule has 7 heteroatoms. The van der Waals surface area contributed by atoms with Crippen LogP contribution in [-0.2, 0) is 16.4 Å². The number of nitrogens with zero attached hydrogens (tertiary/aromatic N) is 1. The molecule has 0 fully saturated rings. The minimum absolute atomic E-state index is 0.0543. The van der Waals surface area contributed by atoms with Crippen molar-refractivity contribution in [2.45, 2.75) is 31.7 Å². The van der Waals surface area contributed by atoms with Gasteiger partial charge in [-0.1, -0.05) is 24.3 Å². The SMILES string of the molecule is CN(CCCNC(=O)N[C@H]1CCCc2ccccc21)S(C)(=O)=O. The van der Waals surface area contributed by atoms with Gasteiger partial charge in [-0.2, -0.15) is 0 Å². The van der Waals surface area contributed by atoms with Crippen molar-refractivity contribution in [3.8, 4) is 0 Å². The Morgan fingerprint density at radius 3 is 2.83 bits per heavy atom. The molecule has 1 atom stereocenters. The summed E-state index contributed by atoms with van der Waals surface area (Å²) >= 11 is 0. The molecule has 1 aliphatic carbocycles. The Bertz CT molecular complexity index is 646. The number of aryl methyl sites for hydroxylation is 1. The summed E-state index contributed by atoms with van der Waals surface area (Å²) in [7, 11) is -1.62. The molecule has 0 aromatic heterocycles. The molecule has 1 aromatic carbocycles. The zero-order valence-corrected chi connectivity index (χ0v) is 14.5. The van der Waals surface area contributed by atoms with Gasteiger partial charge in [-0.25, -0.2) is 17.5 Å². The zero-order valence-electron chi connectivity index (χ0n) is 13.7. The molecule has 0 radical (unpaired) electrons. The summed E-state index contributed by atoms with van der Waals surface area (Å²) in [5.74, 6) is 0. The fraction of sp³-hybridized carbons (Fsp3) is 0.562. The van der Waals surface area contributed by atoms with E-state index in [0.717, 1.165) is 19.3 Å². The summed E-state index contributed by atoms with van der Waals surface area (Å²) < 4.78 is 23.8. The Kier molecular flexibility index (Phi) is 6.01. The first-order valence-electron chi connectivity index (χ1n) is 7.91. The molecule has 2 rings (SSSR count). The molecule has 0 saturated carbocycles. The van der Waals surface area contributed by atoms with Crippen LogP contribution in [0.1, 0.15) is 36.4 Å². The van der Waals surface area contributed by atoms with Gasteiger partial charge in [0.2, 0.25) is 10.0 Å². The van der Waals surface area contributed by atoms with Crippen LogP contribution in [-0.4, -0.2) is 45.1 Å². The Labute approximate surface area is 138 Å². The van der Waals surface area contributed by atoms with Crippen molar-refractivity contribution < 1.29 is 13.2 Å². The largest absolute Gasteiger partial charge is 0.338 e. The maximum atomic E-state index is 12.0. The average Bonchev–Trinajstić information content (AvgIpc) is 2.51. The van der Waals surface area contributed by atoms with Crippen molar-refractivity contribution in [2.24, 2.45) is 0 Å². The van der Waals surface area contributed by atoms with Crippen molar-refractivity contribution >= 4 is 16.1 Å². The predicted octanol–water partition coefficient (Wildman–Crippen LogP) is 1.64. The van der Waals surface area contributed by atoms with Gasteiger partial charge in [-0.05, 0) is 36.8 Å². The predicted molar refractivity (Wildman–Crippen MR) is 90.7 cm³/mol. The molecule has 128 valence electrons. The molecule has 0 bridgehead atoms. The molecule has 0 unspecified atom stereocenters. The van der Waals surface area contributed by atoms with Gasteiger partial charge >= 0.3 is 6.03 Å². The standard InChI is InChI=1S/C16H25N3O3S/c1-19(23(2,21)22)12-6-11-17-16(20)18-15-10-5-8-13-7-3-4-9-14(13)15/h3-4,7,9,15H,5-6,8,10-12H2,1-2H3,(H2,17,18,20)/t15-/m0/s1. The highest BCUT2D eigenvalue weighted by molar-refractivity contribution is 7.88. The number of sulfonamides is 1. The van der Waals surface area contributed by atoms with Crippen molar-refractivity contribution in [1.29, 1.82) is 0 Å². The molecule has 0 saturated heterocycles. The topological polar surface area (TPSA) is 78.5 Å². The highest BCUT2D eigenvalue weighted by Gasteiger charge is 2.21. The first-order chi connectivity index (χ1) is 10.9. The normalized spacial score (nSPS) is 17.6. The number of nitrogens with one attached hydrogen (secondary N) is 2. The number of fused-ring (bicyclic) bond motifs is 1. The van der Waals surface area contributed by atoms with Crippen LogP contribution < -0.4 is 10.6 Å². The van der Waals surface area contributed by atoms with Gasteiger partial charge < -0.3 is 10.6 Å². The van der Waals surface area contributed by atoms with Crippen LogP contribution in [0.25, 0.3) is 0 Å². The van der Waals surface area contributed by atoms with Crippen LogP contribution in [0, 0.1) is 0 Å². The lowest BCUT2D eigenvalue weighted by molar-refractivity contribution is 0.235. The van der Waals surface area contributed by atoms with E-state index in [2.05, 4.69) is 22.8 Å². The summed E-state index contributed by atoms with van der Waals surface area (Å²) in [6.45, 7) is 0.839. The number of amides is 2. The van der Waals surface area contributed by atoms with Crippen LogP contribution in [0.15, 0.2) is 24.3 Å². The van der Waals surface area contributed by atoms with Gasteiger partial charge in [0.25, 0.3) is 0 Å². The van der Waals surface area contributed by atoms with Crippen molar-refractivity contribution in [3.05, 3.63) is 35.4 Å². The van der Waals surface area contributed by atoms with Crippen LogP contribution >= 0.6 is 0 Å². The second-order valence-electron chi connectivity index (χ2n) is 5.98. The van der Waals surface area contributed by atoms with E-state index in [4.69, 9.17) is 0 Å². The van der Waals surface area contributed by atoms with E-state index in [0.29, 0.717) is 19.5 Å². The number of rotatable bonds is 6. The molecule has 6 nitrogen and oxygen atoms in total. The van der Waals surface area contributed by atoms with Gasteiger partial charge in [0.05, 0.1) is 12.3 Å². The monoisotopic (exact) mass is 339 g/mol. The third kappa shape index (κ3) is 5.21. The molecule has 1 aliphatic rings. The van der Waals surface area contributed by atoms with Crippen LogP contribution in [0.5, 0.6) is 0 Å². The lowest BCUT2D eigenvalue weighted by atomic mass is 9.88. The van der Waals surface area contributed by atoms with Gasteiger partial charge in [0, 0.05) is 20.1 Å². The van der Waals surface area contributed by atoms with E-state index in [1.54, 1.807) is 0 Å². The number of hydrogen-bond acceptors (Lipinski definition) is 3. The summed E-state index contributed by atoms with van der Waals surface area (Å²) in [6.07, 6.45) is 4.84. The Balaban J connectivity index is 1.76. The van der Waals surface area contributed by atoms with Gasteiger partial charge in [0.15, 0.2) is 0 Å². The maximum absolute atomic E-state index is 12.0. The first-order valence-corrected chi connectivity index (χ1v) is 9.76. The molecular formula is C16H25N3O3S. The average molecular weight is 339 g/mol. The van der Waals surface area contributed by atoms with E-state index in [9.17, 15) is 13.2 Å². The first kappa shape index (κ1) is 17.7. The van der Waals surface area contributed by atoms with Crippen molar-refractivity contribution in [1.82, 2.24) is 14.9 Å². The number of urea groups is 1. The minimum atomic E-state index is -3.15. The molecular weight excluding hydrogens is 314 g/mol. The van der Waals surface area contributed by atoms with Gasteiger partial charge in [-0.15, -0.1) is 0 Å². The lowest BCUT2D eigenvalue weighted by Gasteiger charge is -2.26. The van der Waals surface area contributed by atoms with E-state index in [-0.39, 0.29) is 12.1 Å². The summed E-state index contributed by atoms with van der Waals surface area (Å²) in [6, 6.07) is 8.06. The van der Waals surface area contributed by atoms with Crippen LogP contribution in [0.2, 0.25) is 0 Å². The fourth-order valence-corrected chi connectivity index (χ4v) is 3.24. The molecule has 0 aliphatic heterocycles. The molecule has 0 spiro atoms. The van der Waals surface area contributed by atoms with Crippen molar-refractivity contribution in [3.63, 3.8) is 0 Å². The summed E-state index contributed by atoms with van der Waals surface area (Å²) in [5, 5.41) is 5.81. The fourth-order valence-electron chi connectivity index (χ4n) is 2.78. The number of carbonyl (C=O) groups is 1. The van der Waals surface area contributed by atoms with E-state index < -0.39 is 10.0 Å². The molecule has 0 heterocycles. The quantitative estimate of drug-likeness (QED) is 0.774.